The molecule has 0 amide bonds. The first-order valence-electron chi connectivity index (χ1n) is 19.7. The molecule has 1 aliphatic heterocycles. The molecule has 0 bridgehead atoms. The van der Waals surface area contributed by atoms with E-state index in [1.54, 1.807) is 11.3 Å². The van der Waals surface area contributed by atoms with Gasteiger partial charge in [-0.15, -0.1) is 11.3 Å². The van der Waals surface area contributed by atoms with Crippen LogP contribution in [-0.2, 0) is 5.41 Å². The zero-order chi connectivity index (χ0) is 38.0. The van der Waals surface area contributed by atoms with Crippen molar-refractivity contribution in [1.29, 1.82) is 0 Å². The van der Waals surface area contributed by atoms with Crippen LogP contribution in [-0.4, -0.2) is 14.5 Å². The van der Waals surface area contributed by atoms with Gasteiger partial charge in [0, 0.05) is 36.2 Å². The van der Waals surface area contributed by atoms with E-state index in [1.807, 2.05) is 11.8 Å². The topological polar surface area (TPSA) is 30.7 Å². The Balaban J connectivity index is 1.10. The molecule has 11 aromatic rings. The van der Waals surface area contributed by atoms with Crippen molar-refractivity contribution in [2.24, 2.45) is 0 Å². The fraction of sp³-hybridized carbons (Fsp3) is 0.0189. The van der Waals surface area contributed by atoms with Crippen LogP contribution in [0.4, 0.5) is 0 Å². The van der Waals surface area contributed by atoms with Gasteiger partial charge in [-0.25, -0.2) is 9.97 Å². The van der Waals surface area contributed by atoms with Crippen molar-refractivity contribution in [2.75, 3.05) is 0 Å². The number of rotatable bonds is 3. The lowest BCUT2D eigenvalue weighted by molar-refractivity contribution is 0.724. The number of thiophene rings is 1. The fourth-order valence-corrected chi connectivity index (χ4v) is 12.2. The molecule has 2 aliphatic rings. The van der Waals surface area contributed by atoms with Crippen molar-refractivity contribution in [2.45, 2.75) is 15.2 Å². The van der Waals surface area contributed by atoms with Gasteiger partial charge in [-0.05, 0) is 74.8 Å². The van der Waals surface area contributed by atoms with Gasteiger partial charge in [-0.2, -0.15) is 0 Å². The van der Waals surface area contributed by atoms with E-state index in [-0.39, 0.29) is 0 Å². The van der Waals surface area contributed by atoms with E-state index in [4.69, 9.17) is 9.97 Å². The number of para-hydroxylation sites is 1. The first-order chi connectivity index (χ1) is 28.8. The Kier molecular flexibility index (Phi) is 6.75. The van der Waals surface area contributed by atoms with Crippen LogP contribution in [0.3, 0.4) is 0 Å². The van der Waals surface area contributed by atoms with Crippen molar-refractivity contribution in [3.05, 3.63) is 210 Å². The Labute approximate surface area is 342 Å². The molecule has 8 aromatic carbocycles. The number of fused-ring (bicyclic) bond motifs is 15. The summed E-state index contributed by atoms with van der Waals surface area (Å²) >= 11 is 3.65. The zero-order valence-electron chi connectivity index (χ0n) is 31.1. The third-order valence-electron chi connectivity index (χ3n) is 12.3. The van der Waals surface area contributed by atoms with Gasteiger partial charge in [0.05, 0.1) is 32.4 Å². The van der Waals surface area contributed by atoms with Gasteiger partial charge in [0.25, 0.3) is 0 Å². The molecule has 0 N–H and O–H groups in total. The number of aromatic nitrogens is 3. The van der Waals surface area contributed by atoms with Gasteiger partial charge in [-0.1, -0.05) is 169 Å². The molecule has 3 aromatic heterocycles. The van der Waals surface area contributed by atoms with Gasteiger partial charge in [0.1, 0.15) is 0 Å². The lowest BCUT2D eigenvalue weighted by Gasteiger charge is -2.39. The van der Waals surface area contributed by atoms with Crippen LogP contribution in [0.25, 0.3) is 81.6 Å². The number of nitrogens with zero attached hydrogens (tertiary/aromatic N) is 3. The van der Waals surface area contributed by atoms with Crippen LogP contribution < -0.4 is 0 Å². The molecule has 0 unspecified atom stereocenters. The summed E-state index contributed by atoms with van der Waals surface area (Å²) in [5.41, 5.74) is 15.1. The predicted molar refractivity (Wildman–Crippen MR) is 242 cm³/mol. The quantitative estimate of drug-likeness (QED) is 0.179. The lowest BCUT2D eigenvalue weighted by atomic mass is 9.67. The molecule has 5 heteroatoms. The smallest absolute Gasteiger partial charge is 0.235 e. The Morgan fingerprint density at radius 2 is 1.05 bits per heavy atom. The van der Waals surface area contributed by atoms with Crippen LogP contribution in [0.2, 0.25) is 0 Å². The minimum Gasteiger partial charge on any atom is -0.278 e. The van der Waals surface area contributed by atoms with Gasteiger partial charge >= 0.3 is 0 Å². The van der Waals surface area contributed by atoms with E-state index in [0.29, 0.717) is 5.95 Å². The minimum atomic E-state index is -0.453. The number of hydrogen-bond donors (Lipinski definition) is 0. The third kappa shape index (κ3) is 4.35. The van der Waals surface area contributed by atoms with E-state index in [9.17, 15) is 0 Å². The molecule has 3 nitrogen and oxygen atoms in total. The SMILES string of the molecule is c1ccc(-c2ccc(-c3nc(-n4c5ccccc5c5cc6c(cc54)Sc4ccccc4C64c5ccccc5-c5ccccc54)nc4c3sc3ccccc34)cc2)cc1. The van der Waals surface area contributed by atoms with E-state index >= 15 is 0 Å². The first kappa shape index (κ1) is 32.3. The van der Waals surface area contributed by atoms with Crippen molar-refractivity contribution >= 4 is 65.2 Å². The van der Waals surface area contributed by atoms with Gasteiger partial charge in [0.15, 0.2) is 0 Å². The average molecular weight is 774 g/mol. The summed E-state index contributed by atoms with van der Waals surface area (Å²) in [6.07, 6.45) is 0. The molecule has 4 heterocycles. The van der Waals surface area contributed by atoms with Crippen LogP contribution in [0.15, 0.2) is 198 Å². The van der Waals surface area contributed by atoms with Gasteiger partial charge in [-0.3, -0.25) is 4.57 Å². The highest BCUT2D eigenvalue weighted by Crippen LogP contribution is 2.62. The van der Waals surface area contributed by atoms with Crippen molar-refractivity contribution in [1.82, 2.24) is 14.5 Å². The molecule has 1 spiro atoms. The van der Waals surface area contributed by atoms with E-state index in [1.165, 1.54) is 69.8 Å². The molecule has 0 saturated heterocycles. The predicted octanol–water partition coefficient (Wildman–Crippen LogP) is 14.1. The molecule has 58 heavy (non-hydrogen) atoms. The van der Waals surface area contributed by atoms with Crippen LogP contribution in [0.1, 0.15) is 22.3 Å². The van der Waals surface area contributed by atoms with Crippen molar-refractivity contribution < 1.29 is 0 Å². The summed E-state index contributed by atoms with van der Waals surface area (Å²) in [5.74, 6) is 0.678. The Bertz CT molecular complexity index is 3440. The molecular formula is C53H31N3S2. The summed E-state index contributed by atoms with van der Waals surface area (Å²) in [6.45, 7) is 0. The normalized spacial score (nSPS) is 13.6. The summed E-state index contributed by atoms with van der Waals surface area (Å²) in [6, 6.07) is 68.8. The fourth-order valence-electron chi connectivity index (χ4n) is 9.86. The summed E-state index contributed by atoms with van der Waals surface area (Å²) in [5, 5.41) is 3.54. The zero-order valence-corrected chi connectivity index (χ0v) is 32.7. The molecule has 0 atom stereocenters. The highest BCUT2D eigenvalue weighted by atomic mass is 32.2. The largest absolute Gasteiger partial charge is 0.278 e. The third-order valence-corrected chi connectivity index (χ3v) is 14.6. The molecule has 13 rings (SSSR count). The second-order valence-electron chi connectivity index (χ2n) is 15.2. The second-order valence-corrected chi connectivity index (χ2v) is 17.4. The number of hydrogen-bond acceptors (Lipinski definition) is 4. The Hall–Kier alpha value is -6.79. The lowest BCUT2D eigenvalue weighted by Crippen LogP contribution is -2.32. The minimum absolute atomic E-state index is 0.453. The molecule has 270 valence electrons. The maximum atomic E-state index is 5.55. The Morgan fingerprint density at radius 3 is 1.84 bits per heavy atom. The van der Waals surface area contributed by atoms with Crippen molar-refractivity contribution in [3.8, 4) is 39.5 Å². The second kappa shape index (κ2) is 12.1. The highest BCUT2D eigenvalue weighted by molar-refractivity contribution is 7.99. The standard InChI is InChI=1S/C53H31N3S2/c1-2-14-32(15-3-1)33-26-28-34(29-27-33)49-51-50(38-19-7-12-24-46(38)58-51)55-52(54-49)56-44-23-11-6-18-37(44)39-30-43-48(31-45(39)56)57-47-25-13-10-22-42(47)53(43)40-20-8-4-16-35(40)36-17-5-9-21-41(36)53/h1-31H. The van der Waals surface area contributed by atoms with Gasteiger partial charge in [0.2, 0.25) is 5.95 Å². The highest BCUT2D eigenvalue weighted by Gasteiger charge is 2.50. The van der Waals surface area contributed by atoms with E-state index < -0.39 is 5.41 Å². The maximum absolute atomic E-state index is 5.55. The van der Waals surface area contributed by atoms with Crippen LogP contribution >= 0.6 is 23.1 Å². The van der Waals surface area contributed by atoms with E-state index in [0.717, 1.165) is 37.9 Å². The van der Waals surface area contributed by atoms with E-state index in [2.05, 4.69) is 193 Å². The molecule has 1 aliphatic carbocycles. The Morgan fingerprint density at radius 1 is 0.431 bits per heavy atom. The molecular weight excluding hydrogens is 743 g/mol. The molecule has 0 saturated carbocycles. The summed E-state index contributed by atoms with van der Waals surface area (Å²) < 4.78 is 4.62. The molecule has 0 fully saturated rings. The maximum Gasteiger partial charge on any atom is 0.235 e. The van der Waals surface area contributed by atoms with Crippen LogP contribution in [0, 0.1) is 0 Å². The van der Waals surface area contributed by atoms with Crippen LogP contribution in [0.5, 0.6) is 0 Å². The van der Waals surface area contributed by atoms with Crippen molar-refractivity contribution in [3.63, 3.8) is 0 Å². The number of benzene rings is 8. The van der Waals surface area contributed by atoms with Gasteiger partial charge < -0.3 is 0 Å². The molecule has 0 radical (unpaired) electrons. The average Bonchev–Trinajstić information content (AvgIpc) is 3.92. The first-order valence-corrected chi connectivity index (χ1v) is 21.3. The summed E-state index contributed by atoms with van der Waals surface area (Å²) in [4.78, 5) is 13.6. The summed E-state index contributed by atoms with van der Waals surface area (Å²) in [7, 11) is 0. The monoisotopic (exact) mass is 773 g/mol.